The first-order valence-corrected chi connectivity index (χ1v) is 9.93. The molecule has 1 aliphatic heterocycles. The molecule has 0 bridgehead atoms. The zero-order valence-corrected chi connectivity index (χ0v) is 15.2. The van der Waals surface area contributed by atoms with E-state index in [9.17, 15) is 4.79 Å². The number of carbonyl (C=O) groups excluding carboxylic acids is 1. The van der Waals surface area contributed by atoms with Crippen molar-refractivity contribution in [2.45, 2.75) is 38.8 Å². The molecule has 0 radical (unpaired) electrons. The molecule has 1 saturated carbocycles. The number of imidazole rings is 1. The fourth-order valence-corrected chi connectivity index (χ4v) is 4.52. The smallest absolute Gasteiger partial charge is 0.226 e. The van der Waals surface area contributed by atoms with Crippen LogP contribution in [-0.2, 0) is 18.4 Å². The van der Waals surface area contributed by atoms with E-state index in [1.54, 1.807) is 11.8 Å². The van der Waals surface area contributed by atoms with Gasteiger partial charge < -0.3 is 14.8 Å². The predicted octanol–water partition coefficient (Wildman–Crippen LogP) is 1.89. The number of hydrogen-bond donors (Lipinski definition) is 1. The fourth-order valence-electron chi connectivity index (χ4n) is 3.88. The van der Waals surface area contributed by atoms with Crippen LogP contribution in [0.1, 0.15) is 32.0 Å². The Morgan fingerprint density at radius 3 is 2.91 bits per heavy atom. The van der Waals surface area contributed by atoms with Gasteiger partial charge in [-0.1, -0.05) is 6.92 Å². The largest absolute Gasteiger partial charge is 0.337 e. The van der Waals surface area contributed by atoms with E-state index in [4.69, 9.17) is 0 Å². The molecule has 1 saturated heterocycles. The highest BCUT2D eigenvalue weighted by molar-refractivity contribution is 7.98. The summed E-state index contributed by atoms with van der Waals surface area (Å²) in [5.74, 6) is 2.23. The lowest BCUT2D eigenvalue weighted by molar-refractivity contribution is -0.136. The number of aromatic nitrogens is 2. The molecule has 1 aromatic rings. The number of hydrogen-bond acceptors (Lipinski definition) is 4. The summed E-state index contributed by atoms with van der Waals surface area (Å²) >= 11 is 1.75. The lowest BCUT2D eigenvalue weighted by Crippen LogP contribution is -2.42. The highest BCUT2D eigenvalue weighted by Crippen LogP contribution is 2.56. The van der Waals surface area contributed by atoms with Gasteiger partial charge in [-0.25, -0.2) is 4.98 Å². The van der Waals surface area contributed by atoms with Gasteiger partial charge in [0, 0.05) is 37.2 Å². The lowest BCUT2D eigenvalue weighted by atomic mass is 9.93. The monoisotopic (exact) mass is 336 g/mol. The summed E-state index contributed by atoms with van der Waals surface area (Å²) in [6, 6.07) is 0.401. The maximum Gasteiger partial charge on any atom is 0.226 e. The maximum absolute atomic E-state index is 13.0. The van der Waals surface area contributed by atoms with Gasteiger partial charge in [0.05, 0.1) is 6.54 Å². The molecule has 3 rings (SSSR count). The van der Waals surface area contributed by atoms with Crippen molar-refractivity contribution in [3.63, 3.8) is 0 Å². The Morgan fingerprint density at radius 1 is 1.57 bits per heavy atom. The van der Waals surface area contributed by atoms with Crippen LogP contribution in [0.25, 0.3) is 0 Å². The van der Waals surface area contributed by atoms with E-state index in [1.807, 2.05) is 24.0 Å². The maximum atomic E-state index is 13.0. The van der Waals surface area contributed by atoms with Crippen LogP contribution in [0.3, 0.4) is 0 Å². The second kappa shape index (κ2) is 6.85. The van der Waals surface area contributed by atoms with Crippen molar-refractivity contribution in [1.82, 2.24) is 19.8 Å². The first-order chi connectivity index (χ1) is 11.1. The third-order valence-corrected chi connectivity index (χ3v) is 6.31. The van der Waals surface area contributed by atoms with Crippen LogP contribution in [0.15, 0.2) is 12.4 Å². The van der Waals surface area contributed by atoms with E-state index < -0.39 is 0 Å². The second-order valence-electron chi connectivity index (χ2n) is 7.11. The molecule has 2 heterocycles. The molecule has 1 aliphatic carbocycles. The molecule has 2 atom stereocenters. The summed E-state index contributed by atoms with van der Waals surface area (Å²) in [5.41, 5.74) is 0.366. The molecule has 128 valence electrons. The molecule has 1 N–H and O–H groups in total. The van der Waals surface area contributed by atoms with Crippen molar-refractivity contribution in [3.05, 3.63) is 18.2 Å². The number of carbonyl (C=O) groups is 1. The molecule has 1 aromatic heterocycles. The molecule has 5 nitrogen and oxygen atoms in total. The Balaban J connectivity index is 1.76. The molecule has 2 aliphatic rings. The molecule has 2 fully saturated rings. The zero-order valence-electron chi connectivity index (χ0n) is 14.4. The number of thioether (sulfide) groups is 1. The van der Waals surface area contributed by atoms with Crippen molar-refractivity contribution in [2.75, 3.05) is 25.1 Å². The first-order valence-electron chi connectivity index (χ1n) is 8.54. The SMILES string of the molecule is CSC[C@H](C)C(=O)N(Cc1nccn1C)[C@@H]1CC12CCNCC2. The Kier molecular flexibility index (Phi) is 5.01. The van der Waals surface area contributed by atoms with Crippen molar-refractivity contribution in [2.24, 2.45) is 18.4 Å². The quantitative estimate of drug-likeness (QED) is 0.862. The Hall–Kier alpha value is -1.01. The number of nitrogens with one attached hydrogen (secondary N) is 1. The molecular formula is C17H28N4OS. The normalized spacial score (nSPS) is 23.7. The van der Waals surface area contributed by atoms with Gasteiger partial charge in [0.2, 0.25) is 5.91 Å². The van der Waals surface area contributed by atoms with Crippen LogP contribution >= 0.6 is 11.8 Å². The van der Waals surface area contributed by atoms with E-state index in [-0.39, 0.29) is 5.92 Å². The van der Waals surface area contributed by atoms with Gasteiger partial charge in [-0.05, 0) is 44.0 Å². The highest BCUT2D eigenvalue weighted by Gasteiger charge is 2.58. The van der Waals surface area contributed by atoms with Crippen molar-refractivity contribution in [3.8, 4) is 0 Å². The summed E-state index contributed by atoms with van der Waals surface area (Å²) in [6.07, 6.45) is 9.39. The molecule has 1 amide bonds. The fraction of sp³-hybridized carbons (Fsp3) is 0.765. The zero-order chi connectivity index (χ0) is 16.4. The summed E-state index contributed by atoms with van der Waals surface area (Å²) in [4.78, 5) is 19.6. The van der Waals surface area contributed by atoms with E-state index in [2.05, 4.69) is 28.4 Å². The van der Waals surface area contributed by atoms with Crippen molar-refractivity contribution in [1.29, 1.82) is 0 Å². The summed E-state index contributed by atoms with van der Waals surface area (Å²) in [7, 11) is 2.00. The Bertz CT molecular complexity index is 553. The van der Waals surface area contributed by atoms with Gasteiger partial charge in [0.15, 0.2) is 0 Å². The summed E-state index contributed by atoms with van der Waals surface area (Å²) < 4.78 is 2.02. The van der Waals surface area contributed by atoms with Gasteiger partial charge >= 0.3 is 0 Å². The van der Waals surface area contributed by atoms with E-state index >= 15 is 0 Å². The summed E-state index contributed by atoms with van der Waals surface area (Å²) in [6.45, 7) is 4.87. The minimum atomic E-state index is 0.0737. The van der Waals surface area contributed by atoms with Gasteiger partial charge in [-0.2, -0.15) is 11.8 Å². The van der Waals surface area contributed by atoms with Gasteiger partial charge in [-0.3, -0.25) is 4.79 Å². The third-order valence-electron chi connectivity index (χ3n) is 5.48. The minimum absolute atomic E-state index is 0.0737. The van der Waals surface area contributed by atoms with Gasteiger partial charge in [0.25, 0.3) is 0 Å². The predicted molar refractivity (Wildman–Crippen MR) is 94.2 cm³/mol. The number of nitrogens with zero attached hydrogens (tertiary/aromatic N) is 3. The molecule has 23 heavy (non-hydrogen) atoms. The molecular weight excluding hydrogens is 308 g/mol. The van der Waals surface area contributed by atoms with Crippen LogP contribution in [0.2, 0.25) is 0 Å². The number of piperidine rings is 1. The molecule has 0 unspecified atom stereocenters. The van der Waals surface area contributed by atoms with Gasteiger partial charge in [0.1, 0.15) is 5.82 Å². The second-order valence-corrected chi connectivity index (χ2v) is 8.02. The molecule has 0 aromatic carbocycles. The van der Waals surface area contributed by atoms with Crippen LogP contribution < -0.4 is 5.32 Å². The Labute approximate surface area is 143 Å². The van der Waals surface area contributed by atoms with Crippen molar-refractivity contribution >= 4 is 17.7 Å². The minimum Gasteiger partial charge on any atom is -0.337 e. The van der Waals surface area contributed by atoms with Crippen LogP contribution in [0.5, 0.6) is 0 Å². The Morgan fingerprint density at radius 2 is 2.30 bits per heavy atom. The van der Waals surface area contributed by atoms with Crippen LogP contribution in [0, 0.1) is 11.3 Å². The van der Waals surface area contributed by atoms with Gasteiger partial charge in [-0.15, -0.1) is 0 Å². The van der Waals surface area contributed by atoms with E-state index in [0.717, 1.165) is 31.1 Å². The summed E-state index contributed by atoms with van der Waals surface area (Å²) in [5, 5.41) is 3.44. The van der Waals surface area contributed by atoms with Crippen LogP contribution in [0.4, 0.5) is 0 Å². The van der Waals surface area contributed by atoms with E-state index in [0.29, 0.717) is 23.9 Å². The average Bonchev–Trinajstić information content (AvgIpc) is 3.06. The topological polar surface area (TPSA) is 50.2 Å². The van der Waals surface area contributed by atoms with Crippen LogP contribution in [-0.4, -0.2) is 51.5 Å². The highest BCUT2D eigenvalue weighted by atomic mass is 32.2. The number of amides is 1. The first kappa shape index (κ1) is 16.8. The van der Waals surface area contributed by atoms with E-state index in [1.165, 1.54) is 12.8 Å². The average molecular weight is 337 g/mol. The standard InChI is InChI=1S/C17H28N4OS/c1-13(12-23-3)16(22)21(11-15-19-8-9-20(15)2)14-10-17(14)4-6-18-7-5-17/h8-9,13-14,18H,4-7,10-12H2,1-3H3/t13-,14+/m0/s1. The molecule has 1 spiro atoms. The molecule has 6 heteroatoms. The number of rotatable bonds is 6. The number of aryl methyl sites for hydroxylation is 1. The lowest BCUT2D eigenvalue weighted by Gasteiger charge is -2.31. The van der Waals surface area contributed by atoms with Crippen molar-refractivity contribution < 1.29 is 4.79 Å². The third kappa shape index (κ3) is 3.43.